The second-order valence-electron chi connectivity index (χ2n) is 7.74. The van der Waals surface area contributed by atoms with Gasteiger partial charge in [-0.2, -0.15) is 0 Å². The van der Waals surface area contributed by atoms with Gasteiger partial charge in [0.2, 0.25) is 11.9 Å². The fraction of sp³-hybridized carbons (Fsp3) is 0.522. The summed E-state index contributed by atoms with van der Waals surface area (Å²) in [7, 11) is 0. The highest BCUT2D eigenvalue weighted by atomic mass is 19.1. The minimum atomic E-state index is -0.262. The Morgan fingerprint density at radius 2 is 1.87 bits per heavy atom. The van der Waals surface area contributed by atoms with Gasteiger partial charge in [0, 0.05) is 37.6 Å². The molecule has 0 aliphatic carbocycles. The molecule has 2 aromatic rings. The lowest BCUT2D eigenvalue weighted by Crippen LogP contribution is -2.44. The molecule has 1 aliphatic heterocycles. The standard InChI is InChI=1S/C23H32FN5O/c1-3-28(4-2)13-6-12-25-22(30)19-7-5-14-29(17-19)23-26-15-20(16-27-23)18-8-10-21(24)11-9-18/h8-11,15-16,19H,3-7,12-14,17H2,1-2H3,(H,25,30)/t19-/m0/s1. The minimum absolute atomic E-state index is 0.0346. The zero-order valence-electron chi connectivity index (χ0n) is 18.0. The first-order chi connectivity index (χ1) is 14.6. The van der Waals surface area contributed by atoms with Crippen LogP contribution in [0.5, 0.6) is 0 Å². The number of halogens is 1. The molecule has 1 fully saturated rings. The molecule has 6 nitrogen and oxygen atoms in total. The molecule has 0 radical (unpaired) electrons. The molecule has 0 spiro atoms. The summed E-state index contributed by atoms with van der Waals surface area (Å²) in [5, 5.41) is 3.10. The lowest BCUT2D eigenvalue weighted by Gasteiger charge is -2.32. The first-order valence-electron chi connectivity index (χ1n) is 10.9. The van der Waals surface area contributed by atoms with Gasteiger partial charge in [-0.25, -0.2) is 14.4 Å². The van der Waals surface area contributed by atoms with E-state index >= 15 is 0 Å². The van der Waals surface area contributed by atoms with Gasteiger partial charge in [0.25, 0.3) is 0 Å². The summed E-state index contributed by atoms with van der Waals surface area (Å²) < 4.78 is 13.1. The summed E-state index contributed by atoms with van der Waals surface area (Å²) in [6, 6.07) is 6.29. The van der Waals surface area contributed by atoms with Crippen LogP contribution in [-0.4, -0.2) is 60.0 Å². The van der Waals surface area contributed by atoms with Crippen molar-refractivity contribution >= 4 is 11.9 Å². The van der Waals surface area contributed by atoms with E-state index in [-0.39, 0.29) is 17.6 Å². The van der Waals surface area contributed by atoms with E-state index in [1.807, 2.05) is 0 Å². The van der Waals surface area contributed by atoms with Gasteiger partial charge in [0.15, 0.2) is 0 Å². The third kappa shape index (κ3) is 5.98. The topological polar surface area (TPSA) is 61.4 Å². The van der Waals surface area contributed by atoms with Crippen LogP contribution in [0.25, 0.3) is 11.1 Å². The first kappa shape index (κ1) is 22.2. The Kier molecular flexibility index (Phi) is 8.13. The molecule has 162 valence electrons. The van der Waals surface area contributed by atoms with Crippen molar-refractivity contribution in [2.75, 3.05) is 44.2 Å². The maximum atomic E-state index is 13.1. The molecule has 1 aliphatic rings. The third-order valence-electron chi connectivity index (χ3n) is 5.74. The molecular weight excluding hydrogens is 381 g/mol. The maximum Gasteiger partial charge on any atom is 0.225 e. The maximum absolute atomic E-state index is 13.1. The van der Waals surface area contributed by atoms with Gasteiger partial charge < -0.3 is 15.1 Å². The smallest absolute Gasteiger partial charge is 0.225 e. The molecule has 1 aromatic carbocycles. The Bertz CT molecular complexity index is 792. The van der Waals surface area contributed by atoms with Crippen LogP contribution < -0.4 is 10.2 Å². The summed E-state index contributed by atoms with van der Waals surface area (Å²) in [5.74, 6) is 0.469. The molecule has 7 heteroatoms. The highest BCUT2D eigenvalue weighted by Gasteiger charge is 2.26. The van der Waals surface area contributed by atoms with Crippen LogP contribution in [0.3, 0.4) is 0 Å². The Hall–Kier alpha value is -2.54. The van der Waals surface area contributed by atoms with Gasteiger partial charge >= 0.3 is 0 Å². The van der Waals surface area contributed by atoms with E-state index in [9.17, 15) is 9.18 Å². The van der Waals surface area contributed by atoms with Gasteiger partial charge in [-0.1, -0.05) is 26.0 Å². The number of nitrogens with one attached hydrogen (secondary N) is 1. The molecule has 2 heterocycles. The van der Waals surface area contributed by atoms with Gasteiger partial charge in [-0.15, -0.1) is 0 Å². The van der Waals surface area contributed by atoms with Crippen LogP contribution in [0.4, 0.5) is 10.3 Å². The van der Waals surface area contributed by atoms with E-state index in [0.717, 1.165) is 56.6 Å². The largest absolute Gasteiger partial charge is 0.356 e. The van der Waals surface area contributed by atoms with E-state index in [0.29, 0.717) is 19.0 Å². The molecule has 1 amide bonds. The van der Waals surface area contributed by atoms with Crippen molar-refractivity contribution in [3.63, 3.8) is 0 Å². The van der Waals surface area contributed by atoms with Crippen molar-refractivity contribution in [2.24, 2.45) is 5.92 Å². The van der Waals surface area contributed by atoms with Crippen molar-refractivity contribution in [3.8, 4) is 11.1 Å². The molecule has 30 heavy (non-hydrogen) atoms. The number of hydrogen-bond donors (Lipinski definition) is 1. The van der Waals surface area contributed by atoms with Crippen molar-refractivity contribution in [1.29, 1.82) is 0 Å². The number of carbonyl (C=O) groups excluding carboxylic acids is 1. The quantitative estimate of drug-likeness (QED) is 0.639. The highest BCUT2D eigenvalue weighted by Crippen LogP contribution is 2.23. The minimum Gasteiger partial charge on any atom is -0.356 e. The SMILES string of the molecule is CCN(CC)CCCNC(=O)[C@H]1CCCN(c2ncc(-c3ccc(F)cc3)cn2)C1. The Balaban J connectivity index is 1.51. The van der Waals surface area contributed by atoms with E-state index in [2.05, 4.69) is 38.9 Å². The molecule has 0 saturated carbocycles. The molecule has 1 saturated heterocycles. The molecule has 0 unspecified atom stereocenters. The van der Waals surface area contributed by atoms with E-state index in [4.69, 9.17) is 0 Å². The number of carbonyl (C=O) groups is 1. The fourth-order valence-corrected chi connectivity index (χ4v) is 3.85. The van der Waals surface area contributed by atoms with Crippen LogP contribution in [0.1, 0.15) is 33.1 Å². The van der Waals surface area contributed by atoms with Gasteiger partial charge in [-0.05, 0) is 56.6 Å². The number of aromatic nitrogens is 2. The van der Waals surface area contributed by atoms with E-state index in [1.54, 1.807) is 24.5 Å². The van der Waals surface area contributed by atoms with Gasteiger partial charge in [-0.3, -0.25) is 4.79 Å². The fourth-order valence-electron chi connectivity index (χ4n) is 3.85. The third-order valence-corrected chi connectivity index (χ3v) is 5.74. The highest BCUT2D eigenvalue weighted by molar-refractivity contribution is 5.79. The van der Waals surface area contributed by atoms with Crippen LogP contribution in [0, 0.1) is 11.7 Å². The van der Waals surface area contributed by atoms with Gasteiger partial charge in [0.1, 0.15) is 5.82 Å². The number of piperidine rings is 1. The van der Waals surface area contributed by atoms with Crippen LogP contribution in [-0.2, 0) is 4.79 Å². The number of anilines is 1. The summed E-state index contributed by atoms with van der Waals surface area (Å²) >= 11 is 0. The van der Waals surface area contributed by atoms with Crippen molar-refractivity contribution in [3.05, 3.63) is 42.5 Å². The molecule has 3 rings (SSSR count). The first-order valence-corrected chi connectivity index (χ1v) is 10.9. The number of amides is 1. The molecule has 1 N–H and O–H groups in total. The van der Waals surface area contributed by atoms with E-state index in [1.165, 1.54) is 12.1 Å². The number of rotatable bonds is 9. The predicted octanol–water partition coefficient (Wildman–Crippen LogP) is 3.35. The average Bonchev–Trinajstić information content (AvgIpc) is 2.80. The normalized spacial score (nSPS) is 16.7. The van der Waals surface area contributed by atoms with Gasteiger partial charge in [0.05, 0.1) is 5.92 Å². The second-order valence-corrected chi connectivity index (χ2v) is 7.74. The number of hydrogen-bond acceptors (Lipinski definition) is 5. The number of benzene rings is 1. The second kappa shape index (κ2) is 11.0. The average molecular weight is 414 g/mol. The summed E-state index contributed by atoms with van der Waals surface area (Å²) in [4.78, 5) is 26.0. The van der Waals surface area contributed by atoms with Crippen molar-refractivity contribution in [2.45, 2.75) is 33.1 Å². The summed E-state index contributed by atoms with van der Waals surface area (Å²) in [6.07, 6.45) is 6.32. The van der Waals surface area contributed by atoms with E-state index < -0.39 is 0 Å². The monoisotopic (exact) mass is 413 g/mol. The Morgan fingerprint density at radius 1 is 1.17 bits per heavy atom. The van der Waals surface area contributed by atoms with Crippen LogP contribution in [0.15, 0.2) is 36.7 Å². The lowest BCUT2D eigenvalue weighted by atomic mass is 9.97. The molecule has 1 atom stereocenters. The predicted molar refractivity (Wildman–Crippen MR) is 118 cm³/mol. The number of nitrogens with zero attached hydrogens (tertiary/aromatic N) is 4. The van der Waals surface area contributed by atoms with Crippen molar-refractivity contribution in [1.82, 2.24) is 20.2 Å². The lowest BCUT2D eigenvalue weighted by molar-refractivity contribution is -0.125. The van der Waals surface area contributed by atoms with Crippen molar-refractivity contribution < 1.29 is 9.18 Å². The van der Waals surface area contributed by atoms with Crippen LogP contribution in [0.2, 0.25) is 0 Å². The zero-order valence-corrected chi connectivity index (χ0v) is 18.0. The van der Waals surface area contributed by atoms with Crippen LogP contribution >= 0.6 is 0 Å². The molecular formula is C23H32FN5O. The Morgan fingerprint density at radius 3 is 2.53 bits per heavy atom. The Labute approximate surface area is 178 Å². The molecule has 0 bridgehead atoms. The summed E-state index contributed by atoms with van der Waals surface area (Å²) in [5.41, 5.74) is 1.72. The zero-order chi connectivity index (χ0) is 21.3. The summed E-state index contributed by atoms with van der Waals surface area (Å²) in [6.45, 7) is 9.62. The molecule has 1 aromatic heterocycles.